The molecule has 4 aromatic carbocycles. The van der Waals surface area contributed by atoms with Gasteiger partial charge in [0.25, 0.3) is 0 Å². The van der Waals surface area contributed by atoms with Crippen molar-refractivity contribution in [3.05, 3.63) is 129 Å². The standard InChI is InChI=1S/C40H32F6O11S2/c1-3-29-23(10-11-25-6-4-7-26-15-20-32(35(25)26)56-58(49,50)39(41,42)43)14-19-31(38(48)53-2)37(29)55-34(47)22-54-28-17-12-24(13-18-28)30-9-5-8-27-16-21-33(36(27)30)57-59(51,52)40(44,45)46/h4-9,12-14,17-21H,3,10-11,15-16,22H2,1-2H3. The maximum Gasteiger partial charge on any atom is 0.534 e. The first-order valence-corrected chi connectivity index (χ1v) is 20.4. The summed E-state index contributed by atoms with van der Waals surface area (Å²) in [6.07, 6.45) is 3.45. The first-order chi connectivity index (χ1) is 27.7. The van der Waals surface area contributed by atoms with E-state index in [1.54, 1.807) is 61.5 Å². The summed E-state index contributed by atoms with van der Waals surface area (Å²) >= 11 is 0. The number of halogens is 6. The minimum Gasteiger partial charge on any atom is -0.482 e. The molecule has 0 atom stereocenters. The van der Waals surface area contributed by atoms with Crippen molar-refractivity contribution < 1.29 is 75.3 Å². The maximum absolute atomic E-state index is 13.2. The Morgan fingerprint density at radius 1 is 0.695 bits per heavy atom. The van der Waals surface area contributed by atoms with Gasteiger partial charge in [-0.05, 0) is 101 Å². The lowest BCUT2D eigenvalue weighted by molar-refractivity contribution is -0.136. The fraction of sp³-hybridized carbons (Fsp3) is 0.250. The third-order valence-corrected chi connectivity index (χ3v) is 11.3. The van der Waals surface area contributed by atoms with E-state index in [4.69, 9.17) is 14.2 Å². The van der Waals surface area contributed by atoms with Crippen LogP contribution in [0.4, 0.5) is 26.3 Å². The van der Waals surface area contributed by atoms with Gasteiger partial charge in [0.05, 0.1) is 7.11 Å². The summed E-state index contributed by atoms with van der Waals surface area (Å²) in [5.74, 6) is -2.54. The Hall–Kier alpha value is -5.82. The molecule has 0 bridgehead atoms. The van der Waals surface area contributed by atoms with Gasteiger partial charge >= 0.3 is 43.2 Å². The van der Waals surface area contributed by atoms with Crippen LogP contribution < -0.4 is 9.47 Å². The number of carbonyl (C=O) groups is 2. The number of hydrogen-bond donors (Lipinski definition) is 0. The number of rotatable bonds is 14. The molecular weight excluding hydrogens is 835 g/mol. The monoisotopic (exact) mass is 866 g/mol. The highest BCUT2D eigenvalue weighted by atomic mass is 32.2. The van der Waals surface area contributed by atoms with Gasteiger partial charge in [0, 0.05) is 11.1 Å². The van der Waals surface area contributed by atoms with Crippen molar-refractivity contribution in [3.63, 3.8) is 0 Å². The zero-order chi connectivity index (χ0) is 42.9. The Morgan fingerprint density at radius 3 is 1.83 bits per heavy atom. The molecule has 0 radical (unpaired) electrons. The number of allylic oxidation sites excluding steroid dienone is 2. The summed E-state index contributed by atoms with van der Waals surface area (Å²) in [5.41, 5.74) is -7.42. The Balaban J connectivity index is 1.17. The molecule has 0 spiro atoms. The first-order valence-electron chi connectivity index (χ1n) is 17.6. The molecule has 6 rings (SSSR count). The summed E-state index contributed by atoms with van der Waals surface area (Å²) in [7, 11) is -10.7. The zero-order valence-corrected chi connectivity index (χ0v) is 32.5. The van der Waals surface area contributed by atoms with E-state index in [0.29, 0.717) is 38.9 Å². The van der Waals surface area contributed by atoms with Gasteiger partial charge in [-0.3, -0.25) is 0 Å². The summed E-state index contributed by atoms with van der Waals surface area (Å²) in [6, 6.07) is 18.8. The van der Waals surface area contributed by atoms with E-state index in [9.17, 15) is 52.8 Å². The van der Waals surface area contributed by atoms with Crippen LogP contribution in [0.1, 0.15) is 56.2 Å². The van der Waals surface area contributed by atoms with Gasteiger partial charge in [0.1, 0.15) is 28.6 Å². The fourth-order valence-corrected chi connectivity index (χ4v) is 7.67. The highest BCUT2D eigenvalue weighted by molar-refractivity contribution is 7.88. The molecule has 4 aromatic rings. The fourth-order valence-electron chi connectivity index (χ4n) is 6.71. The summed E-state index contributed by atoms with van der Waals surface area (Å²) < 4.78 is 151. The molecule has 0 saturated heterocycles. The first kappa shape index (κ1) is 42.8. The number of ether oxygens (including phenoxy) is 3. The lowest BCUT2D eigenvalue weighted by atomic mass is 9.92. The highest BCUT2D eigenvalue weighted by Gasteiger charge is 2.50. The van der Waals surface area contributed by atoms with Crippen LogP contribution in [0.5, 0.6) is 11.5 Å². The quantitative estimate of drug-likeness (QED) is 0.0399. The Kier molecular flexibility index (Phi) is 11.9. The normalized spacial score (nSPS) is 13.8. The van der Waals surface area contributed by atoms with E-state index in [1.807, 2.05) is 0 Å². The molecule has 2 aliphatic rings. The molecule has 11 nitrogen and oxygen atoms in total. The van der Waals surface area contributed by atoms with E-state index < -0.39 is 61.3 Å². The molecule has 0 aliphatic heterocycles. The number of hydrogen-bond acceptors (Lipinski definition) is 11. The highest BCUT2D eigenvalue weighted by Crippen LogP contribution is 2.41. The van der Waals surface area contributed by atoms with Gasteiger partial charge in [-0.2, -0.15) is 43.2 Å². The molecule has 2 aliphatic carbocycles. The molecule has 0 amide bonds. The third kappa shape index (κ3) is 8.95. The second-order valence-corrected chi connectivity index (χ2v) is 16.1. The number of aryl methyl sites for hydroxylation is 2. The summed E-state index contributed by atoms with van der Waals surface area (Å²) in [4.78, 5) is 26.0. The molecule has 0 heterocycles. The molecule has 59 heavy (non-hydrogen) atoms. The minimum absolute atomic E-state index is 0.0711. The van der Waals surface area contributed by atoms with Gasteiger partial charge in [-0.15, -0.1) is 0 Å². The minimum atomic E-state index is -5.92. The van der Waals surface area contributed by atoms with Crippen molar-refractivity contribution in [1.29, 1.82) is 0 Å². The van der Waals surface area contributed by atoms with Gasteiger partial charge in [0.15, 0.2) is 6.61 Å². The van der Waals surface area contributed by atoms with Crippen LogP contribution in [0.15, 0.2) is 84.9 Å². The predicted octanol–water partition coefficient (Wildman–Crippen LogP) is 8.00. The number of methoxy groups -OCH3 is 1. The molecular formula is C40H32F6O11S2. The molecule has 19 heteroatoms. The van der Waals surface area contributed by atoms with Gasteiger partial charge < -0.3 is 22.6 Å². The molecule has 0 aromatic heterocycles. The van der Waals surface area contributed by atoms with Crippen LogP contribution in [0.25, 0.3) is 22.6 Å². The SMILES string of the molecule is CCc1c(CCc2cccc3c2C(OS(=O)(=O)C(F)(F)F)=CC3)ccc(C(=O)OC)c1OC(=O)COc1ccc(-c2cccc3c2C(OS(=O)(=O)C(F)(F)F)=CC3)cc1. The van der Waals surface area contributed by atoms with E-state index in [0.717, 1.165) is 7.11 Å². The molecule has 312 valence electrons. The van der Waals surface area contributed by atoms with E-state index in [2.05, 4.69) is 8.37 Å². The van der Waals surface area contributed by atoms with Crippen molar-refractivity contribution in [3.8, 4) is 22.6 Å². The van der Waals surface area contributed by atoms with Crippen LogP contribution in [-0.2, 0) is 70.2 Å². The summed E-state index contributed by atoms with van der Waals surface area (Å²) in [6.45, 7) is 1.10. The van der Waals surface area contributed by atoms with Crippen molar-refractivity contribution in [2.24, 2.45) is 0 Å². The molecule has 0 unspecified atom stereocenters. The smallest absolute Gasteiger partial charge is 0.482 e. The van der Waals surface area contributed by atoms with Crippen molar-refractivity contribution >= 4 is 43.7 Å². The van der Waals surface area contributed by atoms with Crippen molar-refractivity contribution in [2.75, 3.05) is 13.7 Å². The summed E-state index contributed by atoms with van der Waals surface area (Å²) in [5, 5.41) is 0. The number of fused-ring (bicyclic) bond motifs is 2. The zero-order valence-electron chi connectivity index (χ0n) is 30.9. The average Bonchev–Trinajstić information content (AvgIpc) is 3.78. The van der Waals surface area contributed by atoms with Crippen LogP contribution >= 0.6 is 0 Å². The Bertz CT molecular complexity index is 2600. The van der Waals surface area contributed by atoms with Crippen LogP contribution in [0.2, 0.25) is 0 Å². The molecule has 0 N–H and O–H groups in total. The molecule has 0 saturated carbocycles. The van der Waals surface area contributed by atoms with Crippen LogP contribution in [-0.4, -0.2) is 53.5 Å². The number of alkyl halides is 6. The van der Waals surface area contributed by atoms with Crippen LogP contribution in [0, 0.1) is 0 Å². The van der Waals surface area contributed by atoms with Crippen molar-refractivity contribution in [2.45, 2.75) is 50.0 Å². The lowest BCUT2D eigenvalue weighted by Crippen LogP contribution is -2.25. The number of benzene rings is 4. The Morgan fingerprint density at radius 2 is 1.25 bits per heavy atom. The third-order valence-electron chi connectivity index (χ3n) is 9.38. The average molecular weight is 867 g/mol. The second kappa shape index (κ2) is 16.4. The van der Waals surface area contributed by atoms with E-state index >= 15 is 0 Å². The number of carbonyl (C=O) groups excluding carboxylic acids is 2. The topological polar surface area (TPSA) is 149 Å². The lowest BCUT2D eigenvalue weighted by Gasteiger charge is -2.18. The molecule has 0 fully saturated rings. The second-order valence-electron chi connectivity index (χ2n) is 13.0. The predicted molar refractivity (Wildman–Crippen MR) is 199 cm³/mol. The Labute approximate surface area is 334 Å². The van der Waals surface area contributed by atoms with Gasteiger partial charge in [0.2, 0.25) is 0 Å². The largest absolute Gasteiger partial charge is 0.534 e. The van der Waals surface area contributed by atoms with Crippen molar-refractivity contribution in [1.82, 2.24) is 0 Å². The van der Waals surface area contributed by atoms with Gasteiger partial charge in [-0.25, -0.2) is 9.59 Å². The van der Waals surface area contributed by atoms with Crippen LogP contribution in [0.3, 0.4) is 0 Å². The van der Waals surface area contributed by atoms with E-state index in [-0.39, 0.29) is 60.3 Å². The van der Waals surface area contributed by atoms with E-state index in [1.165, 1.54) is 30.4 Å². The maximum atomic E-state index is 13.2. The number of esters is 2. The van der Waals surface area contributed by atoms with Gasteiger partial charge in [-0.1, -0.05) is 61.5 Å².